The lowest BCUT2D eigenvalue weighted by Gasteiger charge is -2.08. The van der Waals surface area contributed by atoms with E-state index in [9.17, 15) is 12.3 Å². The molecule has 0 unspecified atom stereocenters. The first kappa shape index (κ1) is 15.9. The first-order chi connectivity index (χ1) is 11.5. The van der Waals surface area contributed by atoms with E-state index < -0.39 is 10.5 Å². The fourth-order valence-corrected chi connectivity index (χ4v) is 2.38. The molecule has 0 spiro atoms. The van der Waals surface area contributed by atoms with E-state index in [2.05, 4.69) is 19.7 Å². The Kier molecular flexibility index (Phi) is 4.43. The van der Waals surface area contributed by atoms with Crippen LogP contribution in [-0.2, 0) is 17.0 Å². The molecule has 124 valence electrons. The van der Waals surface area contributed by atoms with Crippen LogP contribution in [0.4, 0.5) is 9.57 Å². The minimum Gasteiger partial charge on any atom is -0.381 e. The second-order valence-electron chi connectivity index (χ2n) is 4.84. The van der Waals surface area contributed by atoms with Gasteiger partial charge in [-0.05, 0) is 42.0 Å². The topological polar surface area (TPSA) is 86.1 Å². The number of nitrogens with zero attached hydrogens (tertiary/aromatic N) is 3. The third-order valence-electron chi connectivity index (χ3n) is 3.13. The molecule has 2 aromatic carbocycles. The van der Waals surface area contributed by atoms with Gasteiger partial charge in [0.2, 0.25) is 0 Å². The van der Waals surface area contributed by atoms with Crippen molar-refractivity contribution in [1.82, 2.24) is 15.0 Å². The highest BCUT2D eigenvalue weighted by Gasteiger charge is 2.08. The molecule has 1 heterocycles. The van der Waals surface area contributed by atoms with Crippen molar-refractivity contribution < 1.29 is 16.5 Å². The van der Waals surface area contributed by atoms with Crippen LogP contribution >= 0.6 is 0 Å². The minimum atomic E-state index is -5.00. The van der Waals surface area contributed by atoms with Crippen molar-refractivity contribution in [3.05, 3.63) is 66.5 Å². The summed E-state index contributed by atoms with van der Waals surface area (Å²) < 4.78 is 37.3. The Labute approximate surface area is 138 Å². The van der Waals surface area contributed by atoms with Crippen LogP contribution in [0.15, 0.2) is 60.9 Å². The van der Waals surface area contributed by atoms with Gasteiger partial charge in [0, 0.05) is 12.2 Å². The Morgan fingerprint density at radius 2 is 1.62 bits per heavy atom. The summed E-state index contributed by atoms with van der Waals surface area (Å²) in [7, 11) is -5.00. The van der Waals surface area contributed by atoms with Crippen LogP contribution < -0.4 is 9.50 Å². The fraction of sp³-hybridized carbons (Fsp3) is 0.0667. The van der Waals surface area contributed by atoms with E-state index in [1.54, 1.807) is 24.5 Å². The van der Waals surface area contributed by atoms with E-state index >= 15 is 0 Å². The quantitative estimate of drug-likeness (QED) is 0.689. The van der Waals surface area contributed by atoms with Gasteiger partial charge in [-0.25, -0.2) is 0 Å². The summed E-state index contributed by atoms with van der Waals surface area (Å²) in [6.07, 6.45) is 3.21. The lowest BCUT2D eigenvalue weighted by molar-refractivity contribution is 0.440. The molecule has 1 N–H and O–H groups in total. The number of aromatic nitrogens is 3. The minimum absolute atomic E-state index is 0.0719. The van der Waals surface area contributed by atoms with E-state index in [4.69, 9.17) is 0 Å². The van der Waals surface area contributed by atoms with Crippen molar-refractivity contribution in [1.29, 1.82) is 0 Å². The van der Waals surface area contributed by atoms with Gasteiger partial charge in [-0.3, -0.25) is 0 Å². The van der Waals surface area contributed by atoms with E-state index in [1.807, 2.05) is 24.3 Å². The average Bonchev–Trinajstić information content (AvgIpc) is 3.08. The van der Waals surface area contributed by atoms with Crippen molar-refractivity contribution in [2.24, 2.45) is 0 Å². The van der Waals surface area contributed by atoms with Gasteiger partial charge in [-0.15, -0.1) is 0 Å². The number of anilines is 1. The van der Waals surface area contributed by atoms with Gasteiger partial charge in [0.25, 0.3) is 0 Å². The normalized spacial score (nSPS) is 11.2. The molecule has 0 bridgehead atoms. The smallest absolute Gasteiger partial charge is 0.381 e. The van der Waals surface area contributed by atoms with Gasteiger partial charge in [-0.1, -0.05) is 16.0 Å². The number of hydrogen-bond donors (Lipinski definition) is 1. The summed E-state index contributed by atoms with van der Waals surface area (Å²) in [6, 6.07) is 13.6. The molecule has 0 atom stereocenters. The van der Waals surface area contributed by atoms with Gasteiger partial charge in [0.1, 0.15) is 5.75 Å². The zero-order valence-electron chi connectivity index (χ0n) is 12.3. The highest BCUT2D eigenvalue weighted by Crippen LogP contribution is 2.17. The van der Waals surface area contributed by atoms with Crippen LogP contribution in [0.25, 0.3) is 5.69 Å². The lowest BCUT2D eigenvalue weighted by atomic mass is 10.2. The van der Waals surface area contributed by atoms with Crippen molar-refractivity contribution in [3.8, 4) is 11.4 Å². The van der Waals surface area contributed by atoms with Gasteiger partial charge >= 0.3 is 10.5 Å². The Morgan fingerprint density at radius 1 is 1.00 bits per heavy atom. The van der Waals surface area contributed by atoms with Crippen molar-refractivity contribution >= 4 is 16.2 Å². The van der Waals surface area contributed by atoms with Crippen LogP contribution in [0.5, 0.6) is 5.75 Å². The largest absolute Gasteiger partial charge is 0.488 e. The van der Waals surface area contributed by atoms with Gasteiger partial charge in [0.05, 0.1) is 18.1 Å². The fourth-order valence-electron chi connectivity index (χ4n) is 2.04. The first-order valence-corrected chi connectivity index (χ1v) is 8.24. The molecule has 0 aliphatic rings. The zero-order chi connectivity index (χ0) is 17.0. The van der Waals surface area contributed by atoms with Crippen molar-refractivity contribution in [3.63, 3.8) is 0 Å². The molecular formula is C15H13FN4O3S. The molecule has 7 nitrogen and oxygen atoms in total. The van der Waals surface area contributed by atoms with Crippen LogP contribution in [0.2, 0.25) is 0 Å². The Hall–Kier alpha value is -2.94. The highest BCUT2D eigenvalue weighted by atomic mass is 32.3. The number of benzene rings is 2. The molecule has 0 aliphatic carbocycles. The molecular weight excluding hydrogens is 335 g/mol. The maximum Gasteiger partial charge on any atom is 0.488 e. The third-order valence-corrected chi connectivity index (χ3v) is 3.52. The van der Waals surface area contributed by atoms with Crippen LogP contribution in [0, 0.1) is 0 Å². The molecule has 1 aromatic heterocycles. The van der Waals surface area contributed by atoms with E-state index in [0.717, 1.165) is 16.9 Å². The van der Waals surface area contributed by atoms with Crippen LogP contribution in [0.3, 0.4) is 0 Å². The molecule has 0 radical (unpaired) electrons. The van der Waals surface area contributed by atoms with Crippen LogP contribution in [-0.4, -0.2) is 23.4 Å². The molecule has 0 amide bonds. The van der Waals surface area contributed by atoms with Crippen molar-refractivity contribution in [2.45, 2.75) is 6.54 Å². The second-order valence-corrected chi connectivity index (χ2v) is 5.79. The van der Waals surface area contributed by atoms with E-state index in [1.165, 1.54) is 16.9 Å². The summed E-state index contributed by atoms with van der Waals surface area (Å²) in [5, 5.41) is 11.3. The maximum atomic E-state index is 12.4. The van der Waals surface area contributed by atoms with E-state index in [0.29, 0.717) is 6.54 Å². The standard InChI is InChI=1S/C15H13FN4O3S/c16-24(21,22)23-15-7-1-12(2-8-15)11-17-13-3-5-14(6-4-13)20-18-9-10-19-20/h1-10,17H,11H2. The molecule has 3 aromatic rings. The SMILES string of the molecule is O=S(=O)(F)Oc1ccc(CNc2ccc(-n3nccn3)cc2)cc1. The Balaban J connectivity index is 1.59. The molecule has 9 heteroatoms. The summed E-state index contributed by atoms with van der Waals surface area (Å²) >= 11 is 0. The molecule has 0 fully saturated rings. The number of nitrogens with one attached hydrogen (secondary N) is 1. The molecule has 24 heavy (non-hydrogen) atoms. The molecule has 0 aliphatic heterocycles. The van der Waals surface area contributed by atoms with Crippen molar-refractivity contribution in [2.75, 3.05) is 5.32 Å². The van der Waals surface area contributed by atoms with Crippen LogP contribution in [0.1, 0.15) is 5.56 Å². The van der Waals surface area contributed by atoms with E-state index in [-0.39, 0.29) is 5.75 Å². The average molecular weight is 348 g/mol. The monoisotopic (exact) mass is 348 g/mol. The molecule has 3 rings (SSSR count). The first-order valence-electron chi connectivity index (χ1n) is 6.93. The predicted molar refractivity (Wildman–Crippen MR) is 85.8 cm³/mol. The summed E-state index contributed by atoms with van der Waals surface area (Å²) in [5.41, 5.74) is 2.63. The Bertz CT molecular complexity index is 895. The lowest BCUT2D eigenvalue weighted by Crippen LogP contribution is -2.03. The third kappa shape index (κ3) is 4.29. The van der Waals surface area contributed by atoms with Gasteiger partial charge in [-0.2, -0.15) is 23.4 Å². The maximum absolute atomic E-state index is 12.4. The summed E-state index contributed by atoms with van der Waals surface area (Å²) in [6.45, 7) is 0.516. The number of hydrogen-bond acceptors (Lipinski definition) is 6. The zero-order valence-corrected chi connectivity index (χ0v) is 13.1. The second kappa shape index (κ2) is 6.67. The molecule has 0 saturated heterocycles. The van der Waals surface area contributed by atoms with Gasteiger partial charge < -0.3 is 9.50 Å². The number of rotatable bonds is 6. The highest BCUT2D eigenvalue weighted by molar-refractivity contribution is 7.81. The summed E-state index contributed by atoms with van der Waals surface area (Å²) in [5.74, 6) is -0.0719. The van der Waals surface area contributed by atoms with Gasteiger partial charge in [0.15, 0.2) is 0 Å². The number of halogens is 1. The Morgan fingerprint density at radius 3 is 2.21 bits per heavy atom. The summed E-state index contributed by atoms with van der Waals surface area (Å²) in [4.78, 5) is 1.52. The molecule has 0 saturated carbocycles. The predicted octanol–water partition coefficient (Wildman–Crippen LogP) is 2.47.